The molecule has 0 radical (unpaired) electrons. The molecule has 1 spiro atoms. The average molecular weight is 393 g/mol. The molecule has 0 saturated heterocycles. The summed E-state index contributed by atoms with van der Waals surface area (Å²) in [6, 6.07) is 8.50. The summed E-state index contributed by atoms with van der Waals surface area (Å²) >= 11 is 1.58. The number of aromatic nitrogens is 2. The molecule has 1 saturated carbocycles. The topological polar surface area (TPSA) is 34.9 Å². The molecule has 1 aromatic carbocycles. The molecule has 0 unspecified atom stereocenters. The number of nitrogens with zero attached hydrogens (tertiary/aromatic N) is 2. The smallest absolute Gasteiger partial charge is 0.258 e. The minimum atomic E-state index is -0.0650. The van der Waals surface area contributed by atoms with Crippen molar-refractivity contribution in [1.29, 1.82) is 0 Å². The molecule has 0 aliphatic heterocycles. The Kier molecular flexibility index (Phi) is 5.33. The van der Waals surface area contributed by atoms with E-state index in [1.54, 1.807) is 11.8 Å². The lowest BCUT2D eigenvalue weighted by Crippen LogP contribution is -2.43. The minimum absolute atomic E-state index is 0.0650. The van der Waals surface area contributed by atoms with Gasteiger partial charge in [0.25, 0.3) is 5.56 Å². The Bertz CT molecular complexity index is 983. The molecule has 4 heteroatoms. The van der Waals surface area contributed by atoms with Crippen molar-refractivity contribution in [1.82, 2.24) is 9.55 Å². The summed E-state index contributed by atoms with van der Waals surface area (Å²) in [6.07, 6.45) is 8.62. The SMILES string of the molecule is C=CCSc1nc2c(c(=O)n1CC(=C)C)C1(CCCCC1)Cc1ccccc1-2. The lowest BCUT2D eigenvalue weighted by atomic mass is 9.62. The van der Waals surface area contributed by atoms with E-state index in [4.69, 9.17) is 4.98 Å². The van der Waals surface area contributed by atoms with Gasteiger partial charge in [-0.3, -0.25) is 9.36 Å². The van der Waals surface area contributed by atoms with E-state index in [1.165, 1.54) is 24.8 Å². The fourth-order valence-corrected chi connectivity index (χ4v) is 5.60. The lowest BCUT2D eigenvalue weighted by Gasteiger charge is -2.42. The van der Waals surface area contributed by atoms with Crippen LogP contribution in [0.1, 0.15) is 50.2 Å². The zero-order chi connectivity index (χ0) is 19.7. The van der Waals surface area contributed by atoms with Crippen LogP contribution in [0.3, 0.4) is 0 Å². The van der Waals surface area contributed by atoms with Gasteiger partial charge in [0.15, 0.2) is 5.16 Å². The van der Waals surface area contributed by atoms with E-state index in [0.29, 0.717) is 6.54 Å². The summed E-state index contributed by atoms with van der Waals surface area (Å²) in [5.74, 6) is 0.730. The maximum atomic E-state index is 13.9. The van der Waals surface area contributed by atoms with Gasteiger partial charge in [-0.15, -0.1) is 6.58 Å². The molecule has 28 heavy (non-hydrogen) atoms. The van der Waals surface area contributed by atoms with Gasteiger partial charge in [0, 0.05) is 23.3 Å². The van der Waals surface area contributed by atoms with Crippen molar-refractivity contribution in [2.24, 2.45) is 0 Å². The third-order valence-corrected chi connectivity index (χ3v) is 7.01. The summed E-state index contributed by atoms with van der Waals surface area (Å²) in [4.78, 5) is 19.0. The molecule has 0 amide bonds. The Morgan fingerprint density at radius 2 is 2.04 bits per heavy atom. The Morgan fingerprint density at radius 3 is 2.75 bits per heavy atom. The van der Waals surface area contributed by atoms with Gasteiger partial charge in [0.05, 0.1) is 11.3 Å². The van der Waals surface area contributed by atoms with Crippen LogP contribution in [-0.2, 0) is 18.4 Å². The molecule has 0 bridgehead atoms. The molecule has 0 N–H and O–H groups in total. The van der Waals surface area contributed by atoms with Gasteiger partial charge in [0.2, 0.25) is 0 Å². The standard InChI is InChI=1S/C24H28N2OS/c1-4-14-28-23-25-21-19-11-7-6-10-18(19)15-24(12-8-5-9-13-24)20(21)22(27)26(23)16-17(2)3/h4,6-7,10-11H,1-2,5,8-9,12-16H2,3H3. The predicted octanol–water partition coefficient (Wildman–Crippen LogP) is 5.52. The third-order valence-electron chi connectivity index (χ3n) is 6.03. The monoisotopic (exact) mass is 392 g/mol. The highest BCUT2D eigenvalue weighted by Crippen LogP contribution is 2.48. The zero-order valence-electron chi connectivity index (χ0n) is 16.7. The van der Waals surface area contributed by atoms with E-state index in [-0.39, 0.29) is 11.0 Å². The van der Waals surface area contributed by atoms with Crippen molar-refractivity contribution in [3.05, 3.63) is 70.6 Å². The van der Waals surface area contributed by atoms with Crippen LogP contribution in [0.25, 0.3) is 11.3 Å². The Morgan fingerprint density at radius 1 is 1.29 bits per heavy atom. The van der Waals surface area contributed by atoms with Crippen LogP contribution >= 0.6 is 11.8 Å². The van der Waals surface area contributed by atoms with E-state index in [9.17, 15) is 4.79 Å². The summed E-state index contributed by atoms with van der Waals surface area (Å²) in [7, 11) is 0. The van der Waals surface area contributed by atoms with Crippen LogP contribution in [0.4, 0.5) is 0 Å². The predicted molar refractivity (Wildman–Crippen MR) is 118 cm³/mol. The molecule has 2 aromatic rings. The van der Waals surface area contributed by atoms with Crippen LogP contribution in [0.15, 0.2) is 59.0 Å². The van der Waals surface area contributed by atoms with Crippen molar-refractivity contribution < 1.29 is 0 Å². The molecule has 1 heterocycles. The lowest BCUT2D eigenvalue weighted by molar-refractivity contribution is 0.282. The second-order valence-electron chi connectivity index (χ2n) is 8.24. The zero-order valence-corrected chi connectivity index (χ0v) is 17.5. The number of benzene rings is 1. The van der Waals surface area contributed by atoms with Crippen molar-refractivity contribution >= 4 is 11.8 Å². The van der Waals surface area contributed by atoms with Gasteiger partial charge < -0.3 is 0 Å². The largest absolute Gasteiger partial charge is 0.283 e. The number of hydrogen-bond donors (Lipinski definition) is 0. The molecule has 2 aliphatic rings. The average Bonchev–Trinajstić information content (AvgIpc) is 2.69. The van der Waals surface area contributed by atoms with Crippen molar-refractivity contribution in [2.75, 3.05) is 5.75 Å². The van der Waals surface area contributed by atoms with Crippen molar-refractivity contribution in [2.45, 2.75) is 62.6 Å². The molecule has 1 fully saturated rings. The van der Waals surface area contributed by atoms with Crippen LogP contribution in [0.2, 0.25) is 0 Å². The van der Waals surface area contributed by atoms with E-state index < -0.39 is 0 Å². The van der Waals surface area contributed by atoms with Gasteiger partial charge in [-0.05, 0) is 31.7 Å². The summed E-state index contributed by atoms with van der Waals surface area (Å²) in [5.41, 5.74) is 5.38. The van der Waals surface area contributed by atoms with Crippen LogP contribution in [0, 0.1) is 0 Å². The first-order valence-corrected chi connectivity index (χ1v) is 11.2. The van der Waals surface area contributed by atoms with E-state index >= 15 is 0 Å². The Labute approximate surface area is 171 Å². The third kappa shape index (κ3) is 3.28. The van der Waals surface area contributed by atoms with Gasteiger partial charge in [0.1, 0.15) is 0 Å². The fourth-order valence-electron chi connectivity index (χ4n) is 4.87. The normalized spacial score (nSPS) is 17.0. The van der Waals surface area contributed by atoms with E-state index in [2.05, 4.69) is 37.4 Å². The molecule has 0 atom stereocenters. The fraction of sp³-hybridized carbons (Fsp3) is 0.417. The first-order chi connectivity index (χ1) is 13.6. The van der Waals surface area contributed by atoms with Gasteiger partial charge in [-0.1, -0.05) is 73.5 Å². The summed E-state index contributed by atoms with van der Waals surface area (Å²) in [5, 5.41) is 0.773. The number of rotatable bonds is 5. The Hall–Kier alpha value is -2.07. The number of allylic oxidation sites excluding steroid dienone is 1. The molecule has 3 nitrogen and oxygen atoms in total. The van der Waals surface area contributed by atoms with E-state index in [0.717, 1.165) is 52.6 Å². The van der Waals surface area contributed by atoms with Crippen LogP contribution < -0.4 is 5.56 Å². The van der Waals surface area contributed by atoms with Crippen LogP contribution in [-0.4, -0.2) is 15.3 Å². The highest BCUT2D eigenvalue weighted by atomic mass is 32.2. The first-order valence-electron chi connectivity index (χ1n) is 10.2. The van der Waals surface area contributed by atoms with Gasteiger partial charge in [-0.25, -0.2) is 4.98 Å². The summed E-state index contributed by atoms with van der Waals surface area (Å²) in [6.45, 7) is 10.4. The highest BCUT2D eigenvalue weighted by Gasteiger charge is 2.43. The van der Waals surface area contributed by atoms with E-state index in [1.807, 2.05) is 17.6 Å². The number of hydrogen-bond acceptors (Lipinski definition) is 3. The highest BCUT2D eigenvalue weighted by molar-refractivity contribution is 7.99. The van der Waals surface area contributed by atoms with Crippen LogP contribution in [0.5, 0.6) is 0 Å². The Balaban J connectivity index is 2.00. The maximum absolute atomic E-state index is 13.9. The first kappa shape index (κ1) is 19.3. The summed E-state index contributed by atoms with van der Waals surface area (Å²) < 4.78 is 1.85. The molecular formula is C24H28N2OS. The number of thioether (sulfide) groups is 1. The van der Waals surface area contributed by atoms with Gasteiger partial charge >= 0.3 is 0 Å². The van der Waals surface area contributed by atoms with Crippen molar-refractivity contribution in [3.63, 3.8) is 0 Å². The maximum Gasteiger partial charge on any atom is 0.258 e. The molecular weight excluding hydrogens is 364 g/mol. The quantitative estimate of drug-likeness (QED) is 0.382. The van der Waals surface area contributed by atoms with Crippen molar-refractivity contribution in [3.8, 4) is 11.3 Å². The number of fused-ring (bicyclic) bond motifs is 4. The molecule has 1 aromatic heterocycles. The van der Waals surface area contributed by atoms with Gasteiger partial charge in [-0.2, -0.15) is 0 Å². The minimum Gasteiger partial charge on any atom is -0.283 e. The second kappa shape index (κ2) is 7.75. The molecule has 2 aliphatic carbocycles. The second-order valence-corrected chi connectivity index (χ2v) is 9.23. The molecule has 146 valence electrons. The molecule has 4 rings (SSSR count).